The number of hydrogen-bond donors (Lipinski definition) is 3. The van der Waals surface area contributed by atoms with E-state index in [4.69, 9.17) is 4.74 Å². The summed E-state index contributed by atoms with van der Waals surface area (Å²) in [6.45, 7) is 10.1. The second-order valence-corrected chi connectivity index (χ2v) is 7.80. The molecule has 3 N–H and O–H groups in total. The van der Waals surface area contributed by atoms with E-state index in [-0.39, 0.29) is 18.0 Å². The van der Waals surface area contributed by atoms with Gasteiger partial charge in [0, 0.05) is 18.6 Å². The van der Waals surface area contributed by atoms with E-state index >= 15 is 0 Å². The zero-order valence-electron chi connectivity index (χ0n) is 15.0. The van der Waals surface area contributed by atoms with Crippen LogP contribution in [0.4, 0.5) is 4.79 Å². The maximum Gasteiger partial charge on any atom is 0.407 e. The molecule has 0 aromatic rings. The van der Waals surface area contributed by atoms with Crippen LogP contribution in [-0.2, 0) is 9.53 Å². The molecule has 1 aliphatic rings. The maximum atomic E-state index is 11.8. The molecule has 0 heterocycles. The maximum absolute atomic E-state index is 11.8. The summed E-state index contributed by atoms with van der Waals surface area (Å²) in [6, 6.07) is 0.290. The van der Waals surface area contributed by atoms with Crippen LogP contribution in [0.15, 0.2) is 0 Å². The molecular formula is C17H32N2O4. The van der Waals surface area contributed by atoms with Crippen LogP contribution in [0.2, 0.25) is 0 Å². The number of nitrogens with one attached hydrogen (secondary N) is 2. The second kappa shape index (κ2) is 8.52. The Bertz CT molecular complexity index is 404. The van der Waals surface area contributed by atoms with E-state index in [0.29, 0.717) is 18.9 Å². The van der Waals surface area contributed by atoms with Crippen LogP contribution < -0.4 is 10.6 Å². The van der Waals surface area contributed by atoms with Crippen LogP contribution in [0.3, 0.4) is 0 Å². The summed E-state index contributed by atoms with van der Waals surface area (Å²) < 4.78 is 5.25. The first kappa shape index (κ1) is 19.7. The smallest absolute Gasteiger partial charge is 0.407 e. The molecule has 1 rings (SSSR count). The predicted octanol–water partition coefficient (Wildman–Crippen LogP) is 2.77. The third kappa shape index (κ3) is 7.68. The Morgan fingerprint density at radius 3 is 2.43 bits per heavy atom. The third-order valence-corrected chi connectivity index (χ3v) is 4.14. The normalized spacial score (nSPS) is 23.4. The number of rotatable bonds is 6. The standard InChI is InChI=1S/C17H32N2O4/c1-11(2)14(10-18-16(22)23-17(3,4)5)19-13-8-6-7-12(9-13)15(20)21/h11-14,19H,6-10H2,1-5H3,(H,18,22)(H,20,21). The number of carbonyl (C=O) groups is 2. The Kier molecular flexibility index (Phi) is 7.32. The van der Waals surface area contributed by atoms with Crippen molar-refractivity contribution in [3.05, 3.63) is 0 Å². The molecule has 1 aliphatic carbocycles. The quantitative estimate of drug-likeness (QED) is 0.698. The molecule has 0 bridgehead atoms. The lowest BCUT2D eigenvalue weighted by molar-refractivity contribution is -0.143. The van der Waals surface area contributed by atoms with E-state index in [1.165, 1.54) is 0 Å². The molecule has 0 saturated heterocycles. The molecule has 23 heavy (non-hydrogen) atoms. The molecule has 6 heteroatoms. The van der Waals surface area contributed by atoms with Gasteiger partial charge in [0.25, 0.3) is 0 Å². The number of amides is 1. The molecule has 1 fully saturated rings. The van der Waals surface area contributed by atoms with E-state index in [9.17, 15) is 14.7 Å². The number of carboxylic acids is 1. The molecule has 1 amide bonds. The van der Waals surface area contributed by atoms with Gasteiger partial charge in [-0.1, -0.05) is 20.3 Å². The van der Waals surface area contributed by atoms with Crippen molar-refractivity contribution >= 4 is 12.1 Å². The van der Waals surface area contributed by atoms with Gasteiger partial charge in [-0.2, -0.15) is 0 Å². The third-order valence-electron chi connectivity index (χ3n) is 4.14. The predicted molar refractivity (Wildman–Crippen MR) is 89.4 cm³/mol. The number of carbonyl (C=O) groups excluding carboxylic acids is 1. The summed E-state index contributed by atoms with van der Waals surface area (Å²) in [5, 5.41) is 15.5. The number of carboxylic acid groups (broad SMARTS) is 1. The SMILES string of the molecule is CC(C)C(CNC(=O)OC(C)(C)C)NC1CCCC(C(=O)O)C1. The summed E-state index contributed by atoms with van der Waals surface area (Å²) in [5.74, 6) is -0.632. The van der Waals surface area contributed by atoms with Crippen LogP contribution in [0.1, 0.15) is 60.3 Å². The van der Waals surface area contributed by atoms with Crippen molar-refractivity contribution in [1.29, 1.82) is 0 Å². The first-order chi connectivity index (χ1) is 10.6. The molecule has 0 radical (unpaired) electrons. The van der Waals surface area contributed by atoms with E-state index in [1.54, 1.807) is 0 Å². The van der Waals surface area contributed by atoms with Gasteiger partial charge < -0.3 is 20.5 Å². The summed E-state index contributed by atoms with van der Waals surface area (Å²) >= 11 is 0. The fraction of sp³-hybridized carbons (Fsp3) is 0.882. The topological polar surface area (TPSA) is 87.7 Å². The van der Waals surface area contributed by atoms with Crippen molar-refractivity contribution in [1.82, 2.24) is 10.6 Å². The summed E-state index contributed by atoms with van der Waals surface area (Å²) in [4.78, 5) is 22.9. The average molecular weight is 328 g/mol. The van der Waals surface area contributed by atoms with Gasteiger partial charge in [0.05, 0.1) is 5.92 Å². The molecule has 0 spiro atoms. The molecule has 0 aliphatic heterocycles. The molecule has 6 nitrogen and oxygen atoms in total. The molecule has 0 aromatic heterocycles. The monoisotopic (exact) mass is 328 g/mol. The highest BCUT2D eigenvalue weighted by molar-refractivity contribution is 5.70. The second-order valence-electron chi connectivity index (χ2n) is 7.80. The van der Waals surface area contributed by atoms with Crippen molar-refractivity contribution in [3.8, 4) is 0 Å². The lowest BCUT2D eigenvalue weighted by atomic mass is 9.85. The lowest BCUT2D eigenvalue weighted by Crippen LogP contribution is -2.50. The number of ether oxygens (including phenoxy) is 1. The van der Waals surface area contributed by atoms with Gasteiger partial charge in [-0.15, -0.1) is 0 Å². The van der Waals surface area contributed by atoms with E-state index in [2.05, 4.69) is 24.5 Å². The minimum atomic E-state index is -0.704. The van der Waals surface area contributed by atoms with Gasteiger partial charge in [0.2, 0.25) is 0 Å². The summed E-state index contributed by atoms with van der Waals surface area (Å²) in [7, 11) is 0. The van der Waals surface area contributed by atoms with Gasteiger partial charge in [0.15, 0.2) is 0 Å². The van der Waals surface area contributed by atoms with Crippen LogP contribution >= 0.6 is 0 Å². The Morgan fingerprint density at radius 2 is 1.91 bits per heavy atom. The van der Waals surface area contributed by atoms with Crippen LogP contribution in [0, 0.1) is 11.8 Å². The van der Waals surface area contributed by atoms with Crippen molar-refractivity contribution in [2.75, 3.05) is 6.54 Å². The van der Waals surface area contributed by atoms with Gasteiger partial charge in [0.1, 0.15) is 5.60 Å². The zero-order valence-corrected chi connectivity index (χ0v) is 15.0. The molecular weight excluding hydrogens is 296 g/mol. The summed E-state index contributed by atoms with van der Waals surface area (Å²) in [5.41, 5.74) is -0.511. The minimum absolute atomic E-state index is 0.0973. The Morgan fingerprint density at radius 1 is 1.26 bits per heavy atom. The molecule has 0 aromatic carbocycles. The molecule has 3 atom stereocenters. The minimum Gasteiger partial charge on any atom is -0.481 e. The van der Waals surface area contributed by atoms with Crippen LogP contribution in [-0.4, -0.2) is 41.4 Å². The molecule has 1 saturated carbocycles. The van der Waals surface area contributed by atoms with Crippen molar-refractivity contribution in [2.24, 2.45) is 11.8 Å². The first-order valence-electron chi connectivity index (χ1n) is 8.54. The van der Waals surface area contributed by atoms with Crippen molar-refractivity contribution in [2.45, 2.75) is 78.0 Å². The van der Waals surface area contributed by atoms with Crippen LogP contribution in [0.5, 0.6) is 0 Å². The Labute approximate surface area is 139 Å². The molecule has 134 valence electrons. The summed E-state index contributed by atoms with van der Waals surface area (Å²) in [6.07, 6.45) is 2.91. The highest BCUT2D eigenvalue weighted by Crippen LogP contribution is 2.25. The lowest BCUT2D eigenvalue weighted by Gasteiger charge is -2.33. The Hall–Kier alpha value is -1.30. The number of alkyl carbamates (subject to hydrolysis) is 1. The fourth-order valence-electron chi connectivity index (χ4n) is 2.86. The van der Waals surface area contributed by atoms with Gasteiger partial charge >= 0.3 is 12.1 Å². The van der Waals surface area contributed by atoms with Crippen molar-refractivity contribution in [3.63, 3.8) is 0 Å². The van der Waals surface area contributed by atoms with Crippen LogP contribution in [0.25, 0.3) is 0 Å². The largest absolute Gasteiger partial charge is 0.481 e. The van der Waals surface area contributed by atoms with E-state index in [0.717, 1.165) is 19.3 Å². The fourth-order valence-corrected chi connectivity index (χ4v) is 2.86. The van der Waals surface area contributed by atoms with Crippen molar-refractivity contribution < 1.29 is 19.4 Å². The highest BCUT2D eigenvalue weighted by Gasteiger charge is 2.29. The van der Waals surface area contributed by atoms with Gasteiger partial charge in [-0.3, -0.25) is 4.79 Å². The number of aliphatic carboxylic acids is 1. The molecule has 3 unspecified atom stereocenters. The average Bonchev–Trinajstić information content (AvgIpc) is 2.41. The van der Waals surface area contributed by atoms with Gasteiger partial charge in [-0.05, 0) is 46.0 Å². The highest BCUT2D eigenvalue weighted by atomic mass is 16.6. The number of hydrogen-bond acceptors (Lipinski definition) is 4. The zero-order chi connectivity index (χ0) is 17.6. The first-order valence-corrected chi connectivity index (χ1v) is 8.54. The Balaban J connectivity index is 2.49. The van der Waals surface area contributed by atoms with E-state index < -0.39 is 17.7 Å². The van der Waals surface area contributed by atoms with E-state index in [1.807, 2.05) is 20.8 Å². The van der Waals surface area contributed by atoms with Gasteiger partial charge in [-0.25, -0.2) is 4.79 Å².